The van der Waals surface area contributed by atoms with Crippen molar-refractivity contribution in [2.45, 2.75) is 56.1 Å². The molecule has 0 aliphatic heterocycles. The van der Waals surface area contributed by atoms with E-state index in [0.29, 0.717) is 23.8 Å². The molecule has 0 saturated heterocycles. The maximum atomic E-state index is 11.5. The number of benzene rings is 1. The Balaban J connectivity index is 2.17. The zero-order valence-electron chi connectivity index (χ0n) is 12.7. The second kappa shape index (κ2) is 5.43. The summed E-state index contributed by atoms with van der Waals surface area (Å²) >= 11 is 6.45. The first-order valence-electron chi connectivity index (χ1n) is 7.89. The molecule has 22 heavy (non-hydrogen) atoms. The van der Waals surface area contributed by atoms with Gasteiger partial charge in [0.05, 0.1) is 11.6 Å². The van der Waals surface area contributed by atoms with Crippen LogP contribution in [0.5, 0.6) is 0 Å². The molecule has 0 aromatic heterocycles. The molecule has 2 aliphatic carbocycles. The largest absolute Gasteiger partial charge is 0.465 e. The topological polar surface area (TPSA) is 69.6 Å². The van der Waals surface area contributed by atoms with Crippen molar-refractivity contribution in [3.63, 3.8) is 0 Å². The van der Waals surface area contributed by atoms with Gasteiger partial charge >= 0.3 is 6.09 Å². The molecule has 2 aliphatic rings. The SMILES string of the molecule is CCC(O)[C@]1(NC(=O)O)CC2CC[C@@]1(c1ccccc1Cl)C2. The van der Waals surface area contributed by atoms with Crippen molar-refractivity contribution in [3.8, 4) is 0 Å². The predicted molar refractivity (Wildman–Crippen MR) is 85.3 cm³/mol. The van der Waals surface area contributed by atoms with Crippen LogP contribution in [0, 0.1) is 5.92 Å². The highest BCUT2D eigenvalue weighted by molar-refractivity contribution is 6.31. The summed E-state index contributed by atoms with van der Waals surface area (Å²) < 4.78 is 0. The number of amides is 1. The Labute approximate surface area is 135 Å². The van der Waals surface area contributed by atoms with E-state index >= 15 is 0 Å². The number of halogens is 1. The minimum atomic E-state index is -1.08. The van der Waals surface area contributed by atoms with Crippen LogP contribution in [0.4, 0.5) is 4.79 Å². The van der Waals surface area contributed by atoms with Gasteiger partial charge in [-0.05, 0) is 49.7 Å². The van der Waals surface area contributed by atoms with E-state index in [1.54, 1.807) is 0 Å². The van der Waals surface area contributed by atoms with E-state index in [9.17, 15) is 15.0 Å². The van der Waals surface area contributed by atoms with Gasteiger partial charge in [0.15, 0.2) is 0 Å². The fraction of sp³-hybridized carbons (Fsp3) is 0.588. The van der Waals surface area contributed by atoms with E-state index in [2.05, 4.69) is 5.32 Å². The molecule has 4 nitrogen and oxygen atoms in total. The maximum absolute atomic E-state index is 11.5. The molecule has 3 N–H and O–H groups in total. The van der Waals surface area contributed by atoms with Crippen LogP contribution >= 0.6 is 11.6 Å². The predicted octanol–water partition coefficient (Wildman–Crippen LogP) is 3.56. The molecular formula is C17H22ClNO3. The Kier molecular flexibility index (Phi) is 3.86. The fourth-order valence-corrected chi connectivity index (χ4v) is 5.28. The third-order valence-corrected chi connectivity index (χ3v) is 6.09. The quantitative estimate of drug-likeness (QED) is 0.793. The summed E-state index contributed by atoms with van der Waals surface area (Å²) in [6, 6.07) is 7.65. The molecule has 1 aromatic carbocycles. The summed E-state index contributed by atoms with van der Waals surface area (Å²) in [5, 5.41) is 23.5. The molecule has 0 heterocycles. The first-order chi connectivity index (χ1) is 10.4. The van der Waals surface area contributed by atoms with Crippen LogP contribution in [-0.2, 0) is 5.41 Å². The molecular weight excluding hydrogens is 302 g/mol. The molecule has 2 unspecified atom stereocenters. The van der Waals surface area contributed by atoms with Crippen LogP contribution in [0.2, 0.25) is 5.02 Å². The summed E-state index contributed by atoms with van der Waals surface area (Å²) in [7, 11) is 0. The van der Waals surface area contributed by atoms with Crippen molar-refractivity contribution in [1.82, 2.24) is 5.32 Å². The van der Waals surface area contributed by atoms with Gasteiger partial charge < -0.3 is 15.5 Å². The lowest BCUT2D eigenvalue weighted by atomic mass is 9.62. The van der Waals surface area contributed by atoms with Crippen LogP contribution in [0.25, 0.3) is 0 Å². The average molecular weight is 324 g/mol. The lowest BCUT2D eigenvalue weighted by Crippen LogP contribution is -2.66. The van der Waals surface area contributed by atoms with E-state index in [0.717, 1.165) is 24.8 Å². The number of aliphatic hydroxyl groups excluding tert-OH is 1. The number of aliphatic hydroxyl groups is 1. The average Bonchev–Trinajstić information content (AvgIpc) is 3.03. The molecule has 2 saturated carbocycles. The van der Waals surface area contributed by atoms with Gasteiger partial charge in [-0.1, -0.05) is 36.7 Å². The Hall–Kier alpha value is -1.26. The number of rotatable bonds is 4. The van der Waals surface area contributed by atoms with Crippen LogP contribution in [-0.4, -0.2) is 27.9 Å². The number of carboxylic acid groups (broad SMARTS) is 1. The summed E-state index contributed by atoms with van der Waals surface area (Å²) in [6.07, 6.45) is 2.20. The Morgan fingerprint density at radius 3 is 2.77 bits per heavy atom. The number of hydrogen-bond acceptors (Lipinski definition) is 2. The second-order valence-corrected chi connectivity index (χ2v) is 7.11. The van der Waals surface area contributed by atoms with Gasteiger partial charge in [0.2, 0.25) is 0 Å². The van der Waals surface area contributed by atoms with Gasteiger partial charge in [-0.15, -0.1) is 0 Å². The lowest BCUT2D eigenvalue weighted by Gasteiger charge is -2.50. The van der Waals surface area contributed by atoms with Gasteiger partial charge in [-0.25, -0.2) is 4.79 Å². The Morgan fingerprint density at radius 1 is 1.45 bits per heavy atom. The maximum Gasteiger partial charge on any atom is 0.405 e. The molecule has 3 rings (SSSR count). The number of nitrogens with one attached hydrogen (secondary N) is 1. The normalized spacial score (nSPS) is 34.6. The highest BCUT2D eigenvalue weighted by atomic mass is 35.5. The molecule has 5 heteroatoms. The van der Waals surface area contributed by atoms with Gasteiger partial charge in [-0.3, -0.25) is 0 Å². The highest BCUT2D eigenvalue weighted by Crippen LogP contribution is 2.63. The smallest absolute Gasteiger partial charge is 0.405 e. The Morgan fingerprint density at radius 2 is 2.18 bits per heavy atom. The minimum Gasteiger partial charge on any atom is -0.465 e. The van der Waals surface area contributed by atoms with Crippen molar-refractivity contribution < 1.29 is 15.0 Å². The van der Waals surface area contributed by atoms with Crippen molar-refractivity contribution in [2.24, 2.45) is 5.92 Å². The molecule has 2 fully saturated rings. The van der Waals surface area contributed by atoms with E-state index in [1.807, 2.05) is 31.2 Å². The van der Waals surface area contributed by atoms with Gasteiger partial charge in [-0.2, -0.15) is 0 Å². The van der Waals surface area contributed by atoms with Crippen LogP contribution < -0.4 is 5.32 Å². The lowest BCUT2D eigenvalue weighted by molar-refractivity contribution is 0.00629. The molecule has 4 atom stereocenters. The Bertz CT molecular complexity index is 593. The molecule has 0 spiro atoms. The van der Waals surface area contributed by atoms with Crippen molar-refractivity contribution in [2.75, 3.05) is 0 Å². The van der Waals surface area contributed by atoms with Gasteiger partial charge in [0.1, 0.15) is 0 Å². The molecule has 1 amide bonds. The van der Waals surface area contributed by atoms with Crippen molar-refractivity contribution in [3.05, 3.63) is 34.9 Å². The zero-order valence-corrected chi connectivity index (χ0v) is 13.4. The standard InChI is InChI=1S/C17H22ClNO3/c1-2-14(20)17(19-15(21)22)10-11-7-8-16(17,9-11)12-5-3-4-6-13(12)18/h3-6,11,14,19-20H,2,7-10H2,1H3,(H,21,22)/t11?,14?,16-,17+/m0/s1. The van der Waals surface area contributed by atoms with E-state index in [-0.39, 0.29) is 0 Å². The van der Waals surface area contributed by atoms with Crippen LogP contribution in [0.3, 0.4) is 0 Å². The highest BCUT2D eigenvalue weighted by Gasteiger charge is 2.66. The van der Waals surface area contributed by atoms with E-state index < -0.39 is 23.2 Å². The van der Waals surface area contributed by atoms with E-state index in [4.69, 9.17) is 11.6 Å². The third-order valence-electron chi connectivity index (χ3n) is 5.76. The van der Waals surface area contributed by atoms with Gasteiger partial charge in [0, 0.05) is 10.4 Å². The second-order valence-electron chi connectivity index (χ2n) is 6.70. The zero-order chi connectivity index (χ0) is 16.0. The number of hydrogen-bond donors (Lipinski definition) is 3. The van der Waals surface area contributed by atoms with Crippen molar-refractivity contribution >= 4 is 17.7 Å². The first kappa shape index (κ1) is 15.6. The number of carbonyl (C=O) groups is 1. The van der Waals surface area contributed by atoms with Gasteiger partial charge in [0.25, 0.3) is 0 Å². The van der Waals surface area contributed by atoms with Crippen LogP contribution in [0.15, 0.2) is 24.3 Å². The summed E-state index contributed by atoms with van der Waals surface area (Å²) in [6.45, 7) is 1.89. The summed E-state index contributed by atoms with van der Waals surface area (Å²) in [5.41, 5.74) is -0.288. The first-order valence-corrected chi connectivity index (χ1v) is 8.27. The van der Waals surface area contributed by atoms with Crippen LogP contribution in [0.1, 0.15) is 44.6 Å². The monoisotopic (exact) mass is 323 g/mol. The fourth-order valence-electron chi connectivity index (χ4n) is 4.96. The van der Waals surface area contributed by atoms with Crippen molar-refractivity contribution in [1.29, 1.82) is 0 Å². The number of fused-ring (bicyclic) bond motifs is 2. The minimum absolute atomic E-state index is 0.413. The third kappa shape index (κ3) is 2.04. The molecule has 120 valence electrons. The van der Waals surface area contributed by atoms with E-state index in [1.165, 1.54) is 0 Å². The molecule has 0 radical (unpaired) electrons. The summed E-state index contributed by atoms with van der Waals surface area (Å²) in [4.78, 5) is 11.5. The molecule has 1 aromatic rings. The summed E-state index contributed by atoms with van der Waals surface area (Å²) in [5.74, 6) is 0.435. The molecule has 2 bridgehead atoms.